The fraction of sp³-hybridized carbons (Fsp3) is 0.308. The van der Waals surface area contributed by atoms with Crippen molar-refractivity contribution >= 4 is 23.2 Å². The van der Waals surface area contributed by atoms with Gasteiger partial charge in [0.1, 0.15) is 5.69 Å². The number of aromatic nitrogens is 2. The zero-order valence-electron chi connectivity index (χ0n) is 11.5. The minimum atomic E-state index is -2.00. The normalized spacial score (nSPS) is 13.7. The summed E-state index contributed by atoms with van der Waals surface area (Å²) < 4.78 is 0. The van der Waals surface area contributed by atoms with Crippen LogP contribution in [-0.2, 0) is 4.79 Å². The lowest BCUT2D eigenvalue weighted by atomic mass is 10.1. The van der Waals surface area contributed by atoms with E-state index in [1.807, 2.05) is 12.3 Å². The van der Waals surface area contributed by atoms with Crippen LogP contribution >= 0.6 is 11.3 Å². The average molecular weight is 309 g/mol. The number of hydrogen-bond donors (Lipinski definition) is 4. The molecular weight excluding hydrogens is 294 g/mol. The Labute approximate surface area is 124 Å². The Morgan fingerprint density at radius 2 is 2.24 bits per heavy atom. The predicted molar refractivity (Wildman–Crippen MR) is 77.2 cm³/mol. The van der Waals surface area contributed by atoms with E-state index in [2.05, 4.69) is 15.3 Å². The monoisotopic (exact) mass is 309 g/mol. The van der Waals surface area contributed by atoms with E-state index in [-0.39, 0.29) is 12.2 Å². The van der Waals surface area contributed by atoms with E-state index in [0.29, 0.717) is 0 Å². The van der Waals surface area contributed by atoms with E-state index < -0.39 is 17.5 Å². The van der Waals surface area contributed by atoms with Crippen molar-refractivity contribution in [2.75, 3.05) is 6.54 Å². The van der Waals surface area contributed by atoms with Gasteiger partial charge in [-0.1, -0.05) is 0 Å². The van der Waals surface area contributed by atoms with E-state index in [0.717, 1.165) is 23.2 Å². The number of aromatic amines is 1. The van der Waals surface area contributed by atoms with E-state index in [9.17, 15) is 14.7 Å². The average Bonchev–Trinajstić information content (AvgIpc) is 3.04. The number of carboxylic acid groups (broad SMARTS) is 1. The van der Waals surface area contributed by atoms with E-state index in [4.69, 9.17) is 5.11 Å². The molecule has 0 saturated carbocycles. The molecule has 1 amide bonds. The molecule has 2 heterocycles. The van der Waals surface area contributed by atoms with Crippen molar-refractivity contribution in [3.05, 3.63) is 28.3 Å². The molecule has 0 aromatic carbocycles. The summed E-state index contributed by atoms with van der Waals surface area (Å²) in [5.41, 5.74) is -0.187. The van der Waals surface area contributed by atoms with Gasteiger partial charge in [0.15, 0.2) is 5.60 Å². The fourth-order valence-electron chi connectivity index (χ4n) is 1.59. The first-order valence-electron chi connectivity index (χ1n) is 6.14. The molecule has 0 aliphatic rings. The summed E-state index contributed by atoms with van der Waals surface area (Å²) in [5, 5.41) is 23.5. The van der Waals surface area contributed by atoms with Gasteiger partial charge in [-0.3, -0.25) is 4.79 Å². The third kappa shape index (κ3) is 3.47. The van der Waals surface area contributed by atoms with Gasteiger partial charge in [-0.25, -0.2) is 9.78 Å². The molecule has 112 valence electrons. The van der Waals surface area contributed by atoms with Crippen LogP contribution < -0.4 is 5.32 Å². The SMILES string of the molecule is Cc1nc(-c2c[nH]c(C(=O)NCC(C)(O)C(=O)O)c2)cs1. The van der Waals surface area contributed by atoms with Gasteiger partial charge in [0.2, 0.25) is 0 Å². The van der Waals surface area contributed by atoms with E-state index in [1.54, 1.807) is 12.3 Å². The highest BCUT2D eigenvalue weighted by Gasteiger charge is 2.30. The van der Waals surface area contributed by atoms with Gasteiger partial charge in [-0.05, 0) is 19.9 Å². The Morgan fingerprint density at radius 3 is 2.81 bits per heavy atom. The number of hydrogen-bond acceptors (Lipinski definition) is 5. The summed E-state index contributed by atoms with van der Waals surface area (Å²) in [5.74, 6) is -1.89. The lowest BCUT2D eigenvalue weighted by Crippen LogP contribution is -2.46. The van der Waals surface area contributed by atoms with Gasteiger partial charge in [0.05, 0.1) is 17.2 Å². The molecule has 0 aliphatic carbocycles. The van der Waals surface area contributed by atoms with Crippen molar-refractivity contribution in [3.63, 3.8) is 0 Å². The molecule has 0 radical (unpaired) electrons. The third-order valence-electron chi connectivity index (χ3n) is 2.90. The van der Waals surface area contributed by atoms with Gasteiger partial charge in [-0.15, -0.1) is 11.3 Å². The summed E-state index contributed by atoms with van der Waals surface area (Å²) in [4.78, 5) is 29.8. The van der Waals surface area contributed by atoms with E-state index >= 15 is 0 Å². The van der Waals surface area contributed by atoms with Crippen LogP contribution in [0.4, 0.5) is 0 Å². The lowest BCUT2D eigenvalue weighted by Gasteiger charge is -2.17. The van der Waals surface area contributed by atoms with Gasteiger partial charge in [0, 0.05) is 17.1 Å². The molecule has 0 fully saturated rings. The number of nitrogens with zero attached hydrogens (tertiary/aromatic N) is 1. The number of carbonyl (C=O) groups is 2. The Kier molecular flexibility index (Phi) is 4.10. The smallest absolute Gasteiger partial charge is 0.337 e. The van der Waals surface area contributed by atoms with Gasteiger partial charge in [0.25, 0.3) is 5.91 Å². The molecule has 7 nitrogen and oxygen atoms in total. The number of aryl methyl sites for hydroxylation is 1. The molecule has 2 aromatic heterocycles. The second-order valence-electron chi connectivity index (χ2n) is 4.82. The Hall–Kier alpha value is -2.19. The summed E-state index contributed by atoms with van der Waals surface area (Å²) >= 11 is 1.51. The molecule has 0 spiro atoms. The predicted octanol–water partition coefficient (Wildman–Crippen LogP) is 1.01. The molecule has 0 aliphatic heterocycles. The Balaban J connectivity index is 2.04. The van der Waals surface area contributed by atoms with E-state index in [1.165, 1.54) is 11.3 Å². The number of amides is 1. The topological polar surface area (TPSA) is 115 Å². The molecule has 1 unspecified atom stereocenters. The largest absolute Gasteiger partial charge is 0.479 e. The maximum atomic E-state index is 11.9. The molecule has 8 heteroatoms. The lowest BCUT2D eigenvalue weighted by molar-refractivity contribution is -0.155. The zero-order valence-corrected chi connectivity index (χ0v) is 12.3. The van der Waals surface area contributed by atoms with Crippen molar-refractivity contribution < 1.29 is 19.8 Å². The Bertz CT molecular complexity index is 675. The first-order valence-corrected chi connectivity index (χ1v) is 7.02. The van der Waals surface area contributed by atoms with Crippen molar-refractivity contribution in [1.82, 2.24) is 15.3 Å². The number of rotatable bonds is 5. The molecule has 21 heavy (non-hydrogen) atoms. The minimum absolute atomic E-state index is 0.275. The van der Waals surface area contributed by atoms with Gasteiger partial charge in [-0.2, -0.15) is 0 Å². The number of carboxylic acids is 1. The van der Waals surface area contributed by atoms with Crippen LogP contribution in [-0.4, -0.2) is 44.2 Å². The summed E-state index contributed by atoms with van der Waals surface area (Å²) in [7, 11) is 0. The molecule has 0 bridgehead atoms. The highest BCUT2D eigenvalue weighted by Crippen LogP contribution is 2.22. The van der Waals surface area contributed by atoms with Crippen molar-refractivity contribution in [1.29, 1.82) is 0 Å². The van der Waals surface area contributed by atoms with Gasteiger partial charge >= 0.3 is 5.97 Å². The molecule has 0 saturated heterocycles. The van der Waals surface area contributed by atoms with Crippen LogP contribution in [0.1, 0.15) is 22.4 Å². The number of H-pyrrole nitrogens is 1. The standard InChI is InChI=1S/C13H15N3O4S/c1-7-16-10(5-21-7)8-3-9(14-4-8)11(17)15-6-13(2,20)12(18)19/h3-5,14,20H,6H2,1-2H3,(H,15,17)(H,18,19). The molecular formula is C13H15N3O4S. The number of nitrogens with one attached hydrogen (secondary N) is 2. The maximum absolute atomic E-state index is 11.9. The van der Waals surface area contributed by atoms with Crippen molar-refractivity contribution in [2.24, 2.45) is 0 Å². The molecule has 1 atom stereocenters. The molecule has 4 N–H and O–H groups in total. The second kappa shape index (κ2) is 5.66. The summed E-state index contributed by atoms with van der Waals surface area (Å²) in [6.07, 6.45) is 1.65. The summed E-state index contributed by atoms with van der Waals surface area (Å²) in [6.45, 7) is 2.63. The number of carbonyl (C=O) groups excluding carboxylic acids is 1. The maximum Gasteiger partial charge on any atom is 0.337 e. The molecule has 2 aromatic rings. The third-order valence-corrected chi connectivity index (χ3v) is 3.67. The first-order chi connectivity index (χ1) is 9.79. The van der Waals surface area contributed by atoms with Crippen LogP contribution in [0, 0.1) is 6.92 Å². The quantitative estimate of drug-likeness (QED) is 0.658. The molecule has 2 rings (SSSR count). The fourth-order valence-corrected chi connectivity index (χ4v) is 2.21. The van der Waals surface area contributed by atoms with Crippen LogP contribution in [0.3, 0.4) is 0 Å². The van der Waals surface area contributed by atoms with Crippen molar-refractivity contribution in [3.8, 4) is 11.3 Å². The number of aliphatic hydroxyl groups is 1. The van der Waals surface area contributed by atoms with Crippen LogP contribution in [0.2, 0.25) is 0 Å². The number of aliphatic carboxylic acids is 1. The van der Waals surface area contributed by atoms with Crippen LogP contribution in [0.5, 0.6) is 0 Å². The van der Waals surface area contributed by atoms with Crippen LogP contribution in [0.25, 0.3) is 11.3 Å². The second-order valence-corrected chi connectivity index (χ2v) is 5.88. The highest BCUT2D eigenvalue weighted by atomic mass is 32.1. The minimum Gasteiger partial charge on any atom is -0.479 e. The Morgan fingerprint density at radius 1 is 1.52 bits per heavy atom. The van der Waals surface area contributed by atoms with Gasteiger partial charge < -0.3 is 20.5 Å². The van der Waals surface area contributed by atoms with Crippen LogP contribution in [0.15, 0.2) is 17.6 Å². The zero-order chi connectivity index (χ0) is 15.6. The van der Waals surface area contributed by atoms with Crippen molar-refractivity contribution in [2.45, 2.75) is 19.4 Å². The number of thiazole rings is 1. The summed E-state index contributed by atoms with van der Waals surface area (Å²) in [6, 6.07) is 1.62. The first kappa shape index (κ1) is 15.2. The highest BCUT2D eigenvalue weighted by molar-refractivity contribution is 7.09.